The van der Waals surface area contributed by atoms with E-state index >= 15 is 0 Å². The maximum absolute atomic E-state index is 4.24. The summed E-state index contributed by atoms with van der Waals surface area (Å²) in [5, 5.41) is 14.6. The number of rotatable bonds is 2. The first-order valence-corrected chi connectivity index (χ1v) is 6.34. The molecule has 2 aromatic rings. The topological polar surface area (TPSA) is 55.6 Å². The summed E-state index contributed by atoms with van der Waals surface area (Å²) in [6.45, 7) is 2.13. The average Bonchev–Trinajstić information content (AvgIpc) is 3.01. The van der Waals surface area contributed by atoms with Crippen molar-refractivity contribution in [3.8, 4) is 10.7 Å². The zero-order chi connectivity index (χ0) is 10.8. The first-order valence-electron chi connectivity index (χ1n) is 5.46. The maximum Gasteiger partial charge on any atom is 0.145 e. The van der Waals surface area contributed by atoms with E-state index in [1.807, 2.05) is 16.3 Å². The van der Waals surface area contributed by atoms with Crippen LogP contribution in [0, 0.1) is 0 Å². The van der Waals surface area contributed by atoms with E-state index in [4.69, 9.17) is 0 Å². The molecule has 100 valence electrons. The van der Waals surface area contributed by atoms with E-state index in [0.29, 0.717) is 6.04 Å². The lowest BCUT2D eigenvalue weighted by Crippen LogP contribution is -2.29. The van der Waals surface area contributed by atoms with Gasteiger partial charge in [-0.3, -0.25) is 0 Å². The molecule has 0 atom stereocenters. The Morgan fingerprint density at radius 1 is 1.28 bits per heavy atom. The summed E-state index contributed by atoms with van der Waals surface area (Å²) in [6, 6.07) is 0.488. The summed E-state index contributed by atoms with van der Waals surface area (Å²) >= 11 is 1.60. The Hall–Kier alpha value is -0.690. The van der Waals surface area contributed by atoms with Crippen molar-refractivity contribution in [2.45, 2.75) is 18.9 Å². The second-order valence-electron chi connectivity index (χ2n) is 3.90. The molecule has 1 aliphatic rings. The minimum atomic E-state index is 0. The number of nitrogens with one attached hydrogen (secondary N) is 1. The van der Waals surface area contributed by atoms with Crippen LogP contribution < -0.4 is 5.32 Å². The van der Waals surface area contributed by atoms with Crippen molar-refractivity contribution in [1.29, 1.82) is 0 Å². The van der Waals surface area contributed by atoms with Gasteiger partial charge in [0.25, 0.3) is 0 Å². The van der Waals surface area contributed by atoms with Gasteiger partial charge >= 0.3 is 0 Å². The van der Waals surface area contributed by atoms with Gasteiger partial charge in [0.1, 0.15) is 10.7 Å². The molecule has 1 aliphatic heterocycles. The van der Waals surface area contributed by atoms with E-state index in [9.17, 15) is 0 Å². The number of nitrogens with zero attached hydrogens (tertiary/aromatic N) is 4. The van der Waals surface area contributed by atoms with Gasteiger partial charge < -0.3 is 5.32 Å². The molecule has 3 heterocycles. The lowest BCUT2D eigenvalue weighted by molar-refractivity contribution is 0.337. The number of piperidine rings is 1. The Labute approximate surface area is 122 Å². The summed E-state index contributed by atoms with van der Waals surface area (Å²) in [5.74, 6) is 0. The molecular formula is C10H15Cl2N5S. The van der Waals surface area contributed by atoms with Crippen LogP contribution in [0.4, 0.5) is 0 Å². The molecule has 0 bridgehead atoms. The van der Waals surface area contributed by atoms with Gasteiger partial charge in [-0.25, -0.2) is 9.67 Å². The molecule has 0 radical (unpaired) electrons. The summed E-state index contributed by atoms with van der Waals surface area (Å²) in [6.07, 6.45) is 6.06. The summed E-state index contributed by atoms with van der Waals surface area (Å²) in [4.78, 5) is 4.24. The SMILES string of the molecule is Cl.Cl.c1csc(-c2cn(C3CCNCC3)nn2)n1. The largest absolute Gasteiger partial charge is 0.317 e. The van der Waals surface area contributed by atoms with Gasteiger partial charge in [0, 0.05) is 11.6 Å². The lowest BCUT2D eigenvalue weighted by Gasteiger charge is -2.21. The van der Waals surface area contributed by atoms with Crippen LogP contribution in [-0.2, 0) is 0 Å². The smallest absolute Gasteiger partial charge is 0.145 e. The third kappa shape index (κ3) is 3.20. The van der Waals surface area contributed by atoms with Crippen LogP contribution >= 0.6 is 36.2 Å². The number of aromatic nitrogens is 4. The third-order valence-corrected chi connectivity index (χ3v) is 3.64. The number of hydrogen-bond donors (Lipinski definition) is 1. The van der Waals surface area contributed by atoms with Crippen molar-refractivity contribution < 1.29 is 0 Å². The molecule has 0 saturated carbocycles. The predicted molar refractivity (Wildman–Crippen MR) is 76.8 cm³/mol. The molecule has 0 aromatic carbocycles. The van der Waals surface area contributed by atoms with Gasteiger partial charge in [-0.1, -0.05) is 5.21 Å². The average molecular weight is 308 g/mol. The fraction of sp³-hybridized carbons (Fsp3) is 0.500. The minimum Gasteiger partial charge on any atom is -0.317 e. The highest BCUT2D eigenvalue weighted by Gasteiger charge is 2.17. The van der Waals surface area contributed by atoms with Crippen molar-refractivity contribution in [1.82, 2.24) is 25.3 Å². The van der Waals surface area contributed by atoms with Crippen LogP contribution in [0.5, 0.6) is 0 Å². The Morgan fingerprint density at radius 2 is 2.06 bits per heavy atom. The van der Waals surface area contributed by atoms with Crippen LogP contribution in [0.15, 0.2) is 17.8 Å². The van der Waals surface area contributed by atoms with E-state index < -0.39 is 0 Å². The molecule has 0 amide bonds. The number of thiazole rings is 1. The zero-order valence-corrected chi connectivity index (χ0v) is 12.1. The highest BCUT2D eigenvalue weighted by atomic mass is 35.5. The van der Waals surface area contributed by atoms with Gasteiger partial charge in [-0.05, 0) is 25.9 Å². The summed E-state index contributed by atoms with van der Waals surface area (Å²) in [7, 11) is 0. The first-order chi connectivity index (χ1) is 7.93. The maximum atomic E-state index is 4.24. The fourth-order valence-corrected chi connectivity index (χ4v) is 2.56. The van der Waals surface area contributed by atoms with E-state index in [1.165, 1.54) is 0 Å². The normalized spacial score (nSPS) is 15.8. The van der Waals surface area contributed by atoms with E-state index in [2.05, 4.69) is 20.6 Å². The van der Waals surface area contributed by atoms with Crippen LogP contribution in [-0.4, -0.2) is 33.1 Å². The molecule has 2 aromatic heterocycles. The fourth-order valence-electron chi connectivity index (χ4n) is 1.97. The number of hydrogen-bond acceptors (Lipinski definition) is 5. The molecule has 0 unspecified atom stereocenters. The second kappa shape index (κ2) is 7.04. The molecule has 0 aliphatic carbocycles. The van der Waals surface area contributed by atoms with Crippen molar-refractivity contribution in [3.63, 3.8) is 0 Å². The Bertz CT molecular complexity index is 453. The first kappa shape index (κ1) is 15.4. The second-order valence-corrected chi connectivity index (χ2v) is 4.80. The number of halogens is 2. The molecular weight excluding hydrogens is 293 g/mol. The van der Waals surface area contributed by atoms with Crippen molar-refractivity contribution in [3.05, 3.63) is 17.8 Å². The standard InChI is InChI=1S/C10H13N5S.2ClH/c1-3-11-4-2-8(1)15-7-9(13-14-15)10-12-5-6-16-10;;/h5-8,11H,1-4H2;2*1H. The molecule has 18 heavy (non-hydrogen) atoms. The molecule has 1 fully saturated rings. The molecule has 1 N–H and O–H groups in total. The van der Waals surface area contributed by atoms with E-state index in [-0.39, 0.29) is 24.8 Å². The van der Waals surface area contributed by atoms with Crippen molar-refractivity contribution >= 4 is 36.2 Å². The van der Waals surface area contributed by atoms with E-state index in [1.54, 1.807) is 17.5 Å². The van der Waals surface area contributed by atoms with Gasteiger partial charge in [0.15, 0.2) is 0 Å². The highest BCUT2D eigenvalue weighted by Crippen LogP contribution is 2.22. The van der Waals surface area contributed by atoms with Crippen LogP contribution in [0.2, 0.25) is 0 Å². The summed E-state index contributed by atoms with van der Waals surface area (Å²) in [5.41, 5.74) is 0.883. The molecule has 1 saturated heterocycles. The quantitative estimate of drug-likeness (QED) is 0.924. The van der Waals surface area contributed by atoms with Crippen LogP contribution in [0.25, 0.3) is 10.7 Å². The van der Waals surface area contributed by atoms with Gasteiger partial charge in [0.05, 0.1) is 12.2 Å². The van der Waals surface area contributed by atoms with E-state index in [0.717, 1.165) is 36.6 Å². The molecule has 3 rings (SSSR count). The third-order valence-electron chi connectivity index (χ3n) is 2.84. The van der Waals surface area contributed by atoms with Crippen molar-refractivity contribution in [2.75, 3.05) is 13.1 Å². The van der Waals surface area contributed by atoms with Gasteiger partial charge in [-0.2, -0.15) is 0 Å². The van der Waals surface area contributed by atoms with Gasteiger partial charge in [-0.15, -0.1) is 41.2 Å². The van der Waals surface area contributed by atoms with Gasteiger partial charge in [0.2, 0.25) is 0 Å². The monoisotopic (exact) mass is 307 g/mol. The molecule has 8 heteroatoms. The Kier molecular flexibility index (Phi) is 6.01. The Morgan fingerprint density at radius 3 is 2.72 bits per heavy atom. The van der Waals surface area contributed by atoms with Crippen LogP contribution in [0.3, 0.4) is 0 Å². The molecule has 0 spiro atoms. The zero-order valence-electron chi connectivity index (χ0n) is 9.65. The Balaban J connectivity index is 0.000000810. The minimum absolute atomic E-state index is 0. The lowest BCUT2D eigenvalue weighted by atomic mass is 10.1. The van der Waals surface area contributed by atoms with Crippen LogP contribution in [0.1, 0.15) is 18.9 Å². The van der Waals surface area contributed by atoms with Crippen molar-refractivity contribution in [2.24, 2.45) is 0 Å². The predicted octanol–water partition coefficient (Wildman–Crippen LogP) is 2.17. The molecule has 5 nitrogen and oxygen atoms in total. The highest BCUT2D eigenvalue weighted by molar-refractivity contribution is 7.13. The summed E-state index contributed by atoms with van der Waals surface area (Å²) < 4.78 is 1.98.